The quantitative estimate of drug-likeness (QED) is 0.141. The molecule has 0 saturated heterocycles. The highest BCUT2D eigenvalue weighted by molar-refractivity contribution is 7.01. The van der Waals surface area contributed by atoms with Crippen molar-refractivity contribution in [3.05, 3.63) is 260 Å². The highest BCUT2D eigenvalue weighted by Crippen LogP contribution is 2.52. The number of hydrogen-bond donors (Lipinski definition) is 0. The van der Waals surface area contributed by atoms with Gasteiger partial charge in [-0.1, -0.05) is 181 Å². The maximum atomic E-state index is 7.50. The van der Waals surface area contributed by atoms with Gasteiger partial charge in [-0.05, 0) is 148 Å². The molecule has 2 aromatic heterocycles. The minimum absolute atomic E-state index is 0.0312. The SMILES string of the molecule is CC(C)(C)c1ccc(N2c3cc(N(c4ccccc4)c4cccc5c4oc4ccccc45)ccc3B3c4c2cccc4N(c2ccc(C(C)(C)C)cc2)c2cc(N(c4ccccc4)c4ccccc4)c4c(oc5ccccc54)c23)cc1. The Morgan fingerprint density at radius 1 is 0.346 bits per heavy atom. The van der Waals surface area contributed by atoms with Crippen molar-refractivity contribution >= 4 is 135 Å². The largest absolute Gasteiger partial charge is 0.456 e. The fourth-order valence-corrected chi connectivity index (χ4v) is 12.8. The number of anilines is 12. The first-order chi connectivity index (χ1) is 39.5. The van der Waals surface area contributed by atoms with Gasteiger partial charge in [0.05, 0.1) is 16.8 Å². The summed E-state index contributed by atoms with van der Waals surface area (Å²) in [6, 6.07) is 90.6. The summed E-state index contributed by atoms with van der Waals surface area (Å²) >= 11 is 0. The van der Waals surface area contributed by atoms with Crippen molar-refractivity contribution in [3.63, 3.8) is 0 Å². The van der Waals surface area contributed by atoms with Crippen molar-refractivity contribution in [2.24, 2.45) is 0 Å². The van der Waals surface area contributed by atoms with Gasteiger partial charge in [-0.25, -0.2) is 0 Å². The van der Waals surface area contributed by atoms with E-state index in [1.807, 2.05) is 6.07 Å². The number of nitrogens with zero attached hydrogens (tertiary/aromatic N) is 4. The topological polar surface area (TPSA) is 39.2 Å². The van der Waals surface area contributed by atoms with E-state index in [1.54, 1.807) is 0 Å². The van der Waals surface area contributed by atoms with E-state index >= 15 is 0 Å². The second-order valence-electron chi connectivity index (χ2n) is 23.7. The van der Waals surface area contributed by atoms with Crippen molar-refractivity contribution in [1.82, 2.24) is 0 Å². The van der Waals surface area contributed by atoms with Gasteiger partial charge in [-0.15, -0.1) is 0 Å². The first kappa shape index (κ1) is 48.4. The van der Waals surface area contributed by atoms with Crippen LogP contribution in [0.5, 0.6) is 0 Å². The molecule has 0 bridgehead atoms. The summed E-state index contributed by atoms with van der Waals surface area (Å²) in [5.74, 6) is 0. The maximum Gasteiger partial charge on any atom is 0.257 e. The molecule has 6 nitrogen and oxygen atoms in total. The zero-order valence-electron chi connectivity index (χ0n) is 46.4. The Morgan fingerprint density at radius 2 is 0.815 bits per heavy atom. The van der Waals surface area contributed by atoms with E-state index in [1.165, 1.54) is 22.1 Å². The van der Waals surface area contributed by atoms with Gasteiger partial charge in [0.25, 0.3) is 6.71 Å². The maximum absolute atomic E-state index is 7.50. The molecule has 0 atom stereocenters. The number of rotatable bonds is 8. The second kappa shape index (κ2) is 18.4. The third-order valence-corrected chi connectivity index (χ3v) is 16.7. The van der Waals surface area contributed by atoms with Crippen LogP contribution in [-0.2, 0) is 10.8 Å². The lowest BCUT2D eigenvalue weighted by Crippen LogP contribution is -2.61. The Bertz CT molecular complexity index is 4520. The fraction of sp³-hybridized carbons (Fsp3) is 0.108. The number of fused-ring (bicyclic) bond motifs is 11. The highest BCUT2D eigenvalue weighted by atomic mass is 16.3. The lowest BCUT2D eigenvalue weighted by atomic mass is 9.33. The number of furan rings is 2. The Kier molecular flexibility index (Phi) is 11.0. The van der Waals surface area contributed by atoms with Crippen LogP contribution in [0.2, 0.25) is 0 Å². The van der Waals surface area contributed by atoms with E-state index < -0.39 is 0 Å². The molecule has 13 aromatic rings. The average molecular weight is 1050 g/mol. The van der Waals surface area contributed by atoms with Crippen molar-refractivity contribution in [2.45, 2.75) is 52.4 Å². The van der Waals surface area contributed by atoms with E-state index in [0.717, 1.165) is 118 Å². The zero-order valence-corrected chi connectivity index (χ0v) is 46.4. The van der Waals surface area contributed by atoms with Crippen LogP contribution in [0.4, 0.5) is 68.2 Å². The summed E-state index contributed by atoms with van der Waals surface area (Å²) in [4.78, 5) is 9.78. The van der Waals surface area contributed by atoms with Gasteiger partial charge in [-0.2, -0.15) is 0 Å². The van der Waals surface area contributed by atoms with Crippen molar-refractivity contribution in [3.8, 4) is 0 Å². The molecule has 81 heavy (non-hydrogen) atoms. The van der Waals surface area contributed by atoms with E-state index in [2.05, 4.69) is 304 Å². The van der Waals surface area contributed by atoms with Crippen molar-refractivity contribution in [1.29, 1.82) is 0 Å². The molecule has 2 aliphatic heterocycles. The standard InChI is InChI=1S/C74H59BN4O2/c1-73(2,3)48-36-40-53(41-37-48)78-60-31-21-32-61-69(60)75(59-45-44-55(46-63(59)78)77(52-26-14-9-15-27-52)62-33-20-30-57-56-28-16-18-34-66(56)80-71(57)62)70-65(79(61)54-42-38-49(39-43-54)74(4,5)6)47-64(68-58-29-17-19-35-67(58)81-72(68)70)76(50-22-10-7-11-23-50)51-24-12-8-13-25-51/h7-47H,1-6H3. The molecule has 15 rings (SSSR count). The first-order valence-electron chi connectivity index (χ1n) is 28.2. The molecule has 0 spiro atoms. The lowest BCUT2D eigenvalue weighted by Gasteiger charge is -2.44. The molecular formula is C74H59BN4O2. The van der Waals surface area contributed by atoms with E-state index in [4.69, 9.17) is 8.83 Å². The molecule has 2 aliphatic rings. The first-order valence-corrected chi connectivity index (χ1v) is 28.2. The molecule has 4 heterocycles. The molecule has 0 unspecified atom stereocenters. The molecule has 0 aliphatic carbocycles. The second-order valence-corrected chi connectivity index (χ2v) is 23.7. The molecule has 0 saturated carbocycles. The summed E-state index contributed by atoms with van der Waals surface area (Å²) in [7, 11) is 0. The molecule has 390 valence electrons. The van der Waals surface area contributed by atoms with E-state index in [-0.39, 0.29) is 17.5 Å². The minimum atomic E-state index is -0.256. The van der Waals surface area contributed by atoms with Gasteiger partial charge < -0.3 is 28.4 Å². The Hall–Kier alpha value is -9.72. The summed E-state index contributed by atoms with van der Waals surface area (Å²) in [6.45, 7) is 13.4. The molecular weight excluding hydrogens is 988 g/mol. The van der Waals surface area contributed by atoms with E-state index in [0.29, 0.717) is 0 Å². The van der Waals surface area contributed by atoms with Crippen LogP contribution in [0, 0.1) is 0 Å². The smallest absolute Gasteiger partial charge is 0.257 e. The van der Waals surface area contributed by atoms with Crippen molar-refractivity contribution in [2.75, 3.05) is 19.6 Å². The number of benzene rings is 11. The molecule has 0 N–H and O–H groups in total. The molecule has 0 radical (unpaired) electrons. The van der Waals surface area contributed by atoms with E-state index in [9.17, 15) is 0 Å². The predicted molar refractivity (Wildman–Crippen MR) is 342 cm³/mol. The third kappa shape index (κ3) is 7.78. The minimum Gasteiger partial charge on any atom is -0.456 e. The summed E-state index contributed by atoms with van der Waals surface area (Å²) in [5.41, 5.74) is 22.1. The Morgan fingerprint density at radius 3 is 1.38 bits per heavy atom. The van der Waals surface area contributed by atoms with Crippen molar-refractivity contribution < 1.29 is 8.83 Å². The van der Waals surface area contributed by atoms with Gasteiger partial charge in [0.15, 0.2) is 5.58 Å². The lowest BCUT2D eigenvalue weighted by molar-refractivity contribution is 0.590. The van der Waals surface area contributed by atoms with Crippen LogP contribution >= 0.6 is 0 Å². The predicted octanol–water partition coefficient (Wildman–Crippen LogP) is 19.1. The summed E-state index contributed by atoms with van der Waals surface area (Å²) in [6.07, 6.45) is 0. The van der Waals surface area contributed by atoms with Crippen LogP contribution in [0.25, 0.3) is 43.9 Å². The van der Waals surface area contributed by atoms with Gasteiger partial charge >= 0.3 is 0 Å². The van der Waals surface area contributed by atoms with Gasteiger partial charge in [0, 0.05) is 73.0 Å². The molecule has 0 amide bonds. The summed E-state index contributed by atoms with van der Waals surface area (Å²) in [5, 5.41) is 4.30. The highest BCUT2D eigenvalue weighted by Gasteiger charge is 2.46. The Balaban J connectivity index is 1.05. The van der Waals surface area contributed by atoms with Crippen LogP contribution in [0.1, 0.15) is 52.7 Å². The van der Waals surface area contributed by atoms with Crippen LogP contribution in [0.3, 0.4) is 0 Å². The average Bonchev–Trinajstić information content (AvgIpc) is 4.32. The Labute approximate surface area is 473 Å². The number of para-hydroxylation sites is 6. The monoisotopic (exact) mass is 1050 g/mol. The third-order valence-electron chi connectivity index (χ3n) is 16.7. The number of hydrogen-bond acceptors (Lipinski definition) is 6. The van der Waals surface area contributed by atoms with Crippen LogP contribution in [-0.4, -0.2) is 6.71 Å². The van der Waals surface area contributed by atoms with Gasteiger partial charge in [0.2, 0.25) is 0 Å². The molecule has 11 aromatic carbocycles. The molecule has 7 heteroatoms. The normalized spacial score (nSPS) is 13.0. The van der Waals surface area contributed by atoms with Gasteiger partial charge in [-0.3, -0.25) is 0 Å². The van der Waals surface area contributed by atoms with Crippen LogP contribution in [0.15, 0.2) is 258 Å². The van der Waals surface area contributed by atoms with Crippen LogP contribution < -0.4 is 36.0 Å². The van der Waals surface area contributed by atoms with Gasteiger partial charge in [0.1, 0.15) is 16.7 Å². The molecule has 0 fully saturated rings. The summed E-state index contributed by atoms with van der Waals surface area (Å²) < 4.78 is 14.3. The zero-order chi connectivity index (χ0) is 54.7. The fourth-order valence-electron chi connectivity index (χ4n) is 12.8.